The molecule has 26 heavy (non-hydrogen) atoms. The van der Waals surface area contributed by atoms with E-state index in [0.29, 0.717) is 12.0 Å². The summed E-state index contributed by atoms with van der Waals surface area (Å²) in [5.41, 5.74) is 1.12. The molecule has 0 saturated carbocycles. The second-order valence-corrected chi connectivity index (χ2v) is 9.17. The van der Waals surface area contributed by atoms with Crippen molar-refractivity contribution in [2.24, 2.45) is 10.9 Å². The third kappa shape index (κ3) is 4.64. The van der Waals surface area contributed by atoms with E-state index in [0.717, 1.165) is 29.8 Å². The van der Waals surface area contributed by atoms with Crippen LogP contribution in [-0.4, -0.2) is 43.0 Å². The summed E-state index contributed by atoms with van der Waals surface area (Å²) in [6.07, 6.45) is 2.51. The fraction of sp³-hybridized carbons (Fsp3) is 0.579. The van der Waals surface area contributed by atoms with Gasteiger partial charge in [0.05, 0.1) is 12.2 Å². The van der Waals surface area contributed by atoms with E-state index in [9.17, 15) is 0 Å². The Bertz CT molecular complexity index is 703. The molecule has 1 aliphatic rings. The van der Waals surface area contributed by atoms with Gasteiger partial charge in [-0.3, -0.25) is 9.89 Å². The lowest BCUT2D eigenvalue weighted by Crippen LogP contribution is -2.44. The quantitative estimate of drug-likeness (QED) is 0.604. The van der Waals surface area contributed by atoms with Crippen LogP contribution in [0.25, 0.3) is 0 Å². The highest BCUT2D eigenvalue weighted by Gasteiger charge is 2.31. The molecule has 2 unspecified atom stereocenters. The van der Waals surface area contributed by atoms with E-state index in [2.05, 4.69) is 63.9 Å². The number of hydrogen-bond donors (Lipinski definition) is 2. The van der Waals surface area contributed by atoms with Crippen molar-refractivity contribution in [3.63, 3.8) is 0 Å². The van der Waals surface area contributed by atoms with E-state index < -0.39 is 0 Å². The van der Waals surface area contributed by atoms with Gasteiger partial charge >= 0.3 is 0 Å². The second-order valence-electron chi connectivity index (χ2n) is 6.90. The van der Waals surface area contributed by atoms with Gasteiger partial charge in [0, 0.05) is 29.4 Å². The zero-order valence-corrected chi connectivity index (χ0v) is 17.7. The van der Waals surface area contributed by atoms with Gasteiger partial charge in [-0.25, -0.2) is 4.98 Å². The van der Waals surface area contributed by atoms with Gasteiger partial charge < -0.3 is 10.6 Å². The second kappa shape index (κ2) is 8.97. The average molecular weight is 392 g/mol. The number of rotatable bonds is 5. The molecule has 1 fully saturated rings. The Hall–Kier alpha value is -1.44. The SMILES string of the molecule is CN=C(NCc1nc(C)c(C)s1)NCC1CCCN(C)C1c1cccs1. The third-order valence-electron chi connectivity index (χ3n) is 5.08. The molecular formula is C19H29N5S2. The number of likely N-dealkylation sites (tertiary alicyclic amines) is 1. The highest BCUT2D eigenvalue weighted by Crippen LogP contribution is 2.36. The van der Waals surface area contributed by atoms with Gasteiger partial charge in [0.15, 0.2) is 5.96 Å². The van der Waals surface area contributed by atoms with Gasteiger partial charge in [0.1, 0.15) is 5.01 Å². The number of piperidine rings is 1. The van der Waals surface area contributed by atoms with E-state index in [4.69, 9.17) is 0 Å². The first kappa shape index (κ1) is 19.3. The number of aryl methyl sites for hydroxylation is 2. The van der Waals surface area contributed by atoms with E-state index in [1.165, 1.54) is 29.1 Å². The molecule has 0 spiro atoms. The maximum atomic E-state index is 4.59. The summed E-state index contributed by atoms with van der Waals surface area (Å²) >= 11 is 3.62. The smallest absolute Gasteiger partial charge is 0.191 e. The lowest BCUT2D eigenvalue weighted by molar-refractivity contribution is 0.125. The number of thiophene rings is 1. The average Bonchev–Trinajstić information content (AvgIpc) is 3.25. The molecule has 0 aromatic carbocycles. The van der Waals surface area contributed by atoms with Crippen LogP contribution in [-0.2, 0) is 6.54 Å². The summed E-state index contributed by atoms with van der Waals surface area (Å²) in [5.74, 6) is 1.45. The fourth-order valence-corrected chi connectivity index (χ4v) is 5.46. The van der Waals surface area contributed by atoms with Crippen LogP contribution in [0.3, 0.4) is 0 Å². The van der Waals surface area contributed by atoms with Gasteiger partial charge in [-0.15, -0.1) is 22.7 Å². The Labute approximate surface area is 164 Å². The molecule has 5 nitrogen and oxygen atoms in total. The molecule has 2 aromatic heterocycles. The fourth-order valence-electron chi connectivity index (χ4n) is 3.60. The number of hydrogen-bond acceptors (Lipinski definition) is 5. The molecule has 3 rings (SSSR count). The van der Waals surface area contributed by atoms with Crippen LogP contribution in [0.5, 0.6) is 0 Å². The summed E-state index contributed by atoms with van der Waals surface area (Å²) in [6.45, 7) is 7.01. The topological polar surface area (TPSA) is 52.6 Å². The zero-order chi connectivity index (χ0) is 18.5. The van der Waals surface area contributed by atoms with Gasteiger partial charge in [0.2, 0.25) is 0 Å². The standard InChI is InChI=1S/C19H29N5S2/c1-13-14(2)26-17(23-13)12-22-19(20-3)21-11-15-7-5-9-24(4)18(15)16-8-6-10-25-16/h6,8,10,15,18H,5,7,9,11-12H2,1-4H3,(H2,20,21,22). The van der Waals surface area contributed by atoms with Gasteiger partial charge in [0.25, 0.3) is 0 Å². The maximum Gasteiger partial charge on any atom is 0.191 e. The Morgan fingerprint density at radius 1 is 1.38 bits per heavy atom. The lowest BCUT2D eigenvalue weighted by atomic mass is 9.88. The van der Waals surface area contributed by atoms with E-state index >= 15 is 0 Å². The number of nitrogens with one attached hydrogen (secondary N) is 2. The molecule has 0 aliphatic carbocycles. The Balaban J connectivity index is 1.56. The van der Waals surface area contributed by atoms with E-state index in [1.807, 2.05) is 18.4 Å². The summed E-state index contributed by atoms with van der Waals surface area (Å²) in [5, 5.41) is 10.2. The van der Waals surface area contributed by atoms with Crippen LogP contribution in [0.4, 0.5) is 0 Å². The van der Waals surface area contributed by atoms with Gasteiger partial charge in [-0.05, 0) is 57.6 Å². The molecule has 2 N–H and O–H groups in total. The lowest BCUT2D eigenvalue weighted by Gasteiger charge is -2.39. The summed E-state index contributed by atoms with van der Waals surface area (Å²) in [4.78, 5) is 14.2. The first-order chi connectivity index (χ1) is 12.6. The number of guanidine groups is 1. The summed E-state index contributed by atoms with van der Waals surface area (Å²) in [7, 11) is 4.08. The van der Waals surface area contributed by atoms with Crippen molar-refractivity contribution in [3.8, 4) is 0 Å². The number of aliphatic imine (C=N–C) groups is 1. The monoisotopic (exact) mass is 391 g/mol. The highest BCUT2D eigenvalue weighted by molar-refractivity contribution is 7.11. The summed E-state index contributed by atoms with van der Waals surface area (Å²) in [6, 6.07) is 4.93. The first-order valence-corrected chi connectivity index (χ1v) is 10.9. The molecule has 1 aliphatic heterocycles. The zero-order valence-electron chi connectivity index (χ0n) is 16.1. The minimum atomic E-state index is 0.499. The van der Waals surface area contributed by atoms with Gasteiger partial charge in [-0.2, -0.15) is 0 Å². The maximum absolute atomic E-state index is 4.59. The van der Waals surface area contributed by atoms with Crippen molar-refractivity contribution in [3.05, 3.63) is 38.0 Å². The normalized spacial score (nSPS) is 21.8. The van der Waals surface area contributed by atoms with Crippen molar-refractivity contribution in [1.29, 1.82) is 0 Å². The Kier molecular flexibility index (Phi) is 6.67. The van der Waals surface area contributed by atoms with Crippen molar-refractivity contribution < 1.29 is 0 Å². The molecule has 2 atom stereocenters. The van der Waals surface area contributed by atoms with Crippen LogP contribution < -0.4 is 10.6 Å². The number of aromatic nitrogens is 1. The molecular weight excluding hydrogens is 362 g/mol. The number of nitrogens with zero attached hydrogens (tertiary/aromatic N) is 3. The predicted octanol–water partition coefficient (Wildman–Crippen LogP) is 3.57. The third-order valence-corrected chi connectivity index (χ3v) is 7.09. The number of thiazole rings is 1. The molecule has 1 saturated heterocycles. The molecule has 0 amide bonds. The highest BCUT2D eigenvalue weighted by atomic mass is 32.1. The van der Waals surface area contributed by atoms with E-state index in [1.54, 1.807) is 11.3 Å². The molecule has 0 radical (unpaired) electrons. The first-order valence-electron chi connectivity index (χ1n) is 9.19. The van der Waals surface area contributed by atoms with Crippen molar-refractivity contribution in [1.82, 2.24) is 20.5 Å². The van der Waals surface area contributed by atoms with Crippen molar-refractivity contribution in [2.75, 3.05) is 27.2 Å². The van der Waals surface area contributed by atoms with E-state index in [-0.39, 0.29) is 0 Å². The van der Waals surface area contributed by atoms with Crippen LogP contribution in [0.2, 0.25) is 0 Å². The molecule has 142 valence electrons. The minimum Gasteiger partial charge on any atom is -0.356 e. The molecule has 2 aromatic rings. The molecule has 0 bridgehead atoms. The van der Waals surface area contributed by atoms with Crippen LogP contribution in [0, 0.1) is 19.8 Å². The predicted molar refractivity (Wildman–Crippen MR) is 112 cm³/mol. The Morgan fingerprint density at radius 2 is 2.23 bits per heavy atom. The largest absolute Gasteiger partial charge is 0.356 e. The minimum absolute atomic E-state index is 0.499. The Morgan fingerprint density at radius 3 is 2.88 bits per heavy atom. The van der Waals surface area contributed by atoms with Crippen molar-refractivity contribution in [2.45, 2.75) is 39.3 Å². The summed E-state index contributed by atoms with van der Waals surface area (Å²) < 4.78 is 0. The molecule has 7 heteroatoms. The van der Waals surface area contributed by atoms with Crippen LogP contribution >= 0.6 is 22.7 Å². The van der Waals surface area contributed by atoms with Crippen LogP contribution in [0.15, 0.2) is 22.5 Å². The van der Waals surface area contributed by atoms with Crippen molar-refractivity contribution >= 4 is 28.6 Å². The van der Waals surface area contributed by atoms with Gasteiger partial charge in [-0.1, -0.05) is 6.07 Å². The molecule has 3 heterocycles. The van der Waals surface area contributed by atoms with Crippen LogP contribution in [0.1, 0.15) is 39.3 Å².